The molecule has 19 heavy (non-hydrogen) atoms. The largest absolute Gasteiger partial charge is 0.489 e. The second-order valence-corrected chi connectivity index (χ2v) is 4.21. The molecule has 0 atom stereocenters. The number of nitrogens with one attached hydrogen (secondary N) is 1. The second kappa shape index (κ2) is 5.79. The maximum Gasteiger partial charge on any atom is 0.254 e. The maximum absolute atomic E-state index is 13.8. The van der Waals surface area contributed by atoms with Crippen LogP contribution < -0.4 is 15.8 Å². The zero-order chi connectivity index (χ0) is 13.8. The summed E-state index contributed by atoms with van der Waals surface area (Å²) in [6.45, 7) is 0.455. The van der Waals surface area contributed by atoms with Gasteiger partial charge in [-0.15, -0.1) is 0 Å². The predicted molar refractivity (Wildman–Crippen MR) is 66.2 cm³/mol. The average Bonchev–Trinajstić information content (AvgIpc) is 2.39. The third-order valence-electron chi connectivity index (χ3n) is 2.89. The maximum atomic E-state index is 13.8. The molecule has 0 bridgehead atoms. The van der Waals surface area contributed by atoms with Gasteiger partial charge in [-0.05, 0) is 18.1 Å². The van der Waals surface area contributed by atoms with Crippen molar-refractivity contribution in [1.29, 1.82) is 0 Å². The first-order valence-electron chi connectivity index (χ1n) is 5.87. The van der Waals surface area contributed by atoms with Gasteiger partial charge in [0.05, 0.1) is 11.9 Å². The molecule has 0 fully saturated rings. The van der Waals surface area contributed by atoms with Crippen LogP contribution in [0.15, 0.2) is 24.0 Å². The molecular formula is C13H14F2N2O2. The quantitative estimate of drug-likeness (QED) is 0.865. The summed E-state index contributed by atoms with van der Waals surface area (Å²) in [4.78, 5) is 11.5. The van der Waals surface area contributed by atoms with Crippen molar-refractivity contribution in [3.05, 3.63) is 41.0 Å². The normalized spacial score (nSPS) is 14.9. The number of ether oxygens (including phenoxy) is 1. The molecule has 1 heterocycles. The first-order chi connectivity index (χ1) is 9.15. The van der Waals surface area contributed by atoms with Crippen LogP contribution in [0.4, 0.5) is 8.78 Å². The molecule has 0 saturated carbocycles. The van der Waals surface area contributed by atoms with Crippen LogP contribution in [0.1, 0.15) is 15.9 Å². The van der Waals surface area contributed by atoms with Crippen molar-refractivity contribution < 1.29 is 18.3 Å². The summed E-state index contributed by atoms with van der Waals surface area (Å²) < 4.78 is 31.4. The molecule has 0 unspecified atom stereocenters. The van der Waals surface area contributed by atoms with Crippen LogP contribution in [-0.4, -0.2) is 25.6 Å². The van der Waals surface area contributed by atoms with Gasteiger partial charge in [-0.2, -0.15) is 0 Å². The molecule has 0 spiro atoms. The lowest BCUT2D eigenvalue weighted by molar-refractivity contribution is 0.0941. The minimum Gasteiger partial charge on any atom is -0.489 e. The Morgan fingerprint density at radius 2 is 2.32 bits per heavy atom. The van der Waals surface area contributed by atoms with Gasteiger partial charge < -0.3 is 15.8 Å². The molecule has 102 valence electrons. The van der Waals surface area contributed by atoms with Gasteiger partial charge in [0.1, 0.15) is 18.2 Å². The molecule has 1 aliphatic rings. The Kier molecular flexibility index (Phi) is 4.11. The average molecular weight is 268 g/mol. The first kappa shape index (κ1) is 13.5. The van der Waals surface area contributed by atoms with Crippen LogP contribution in [0, 0.1) is 5.82 Å². The van der Waals surface area contributed by atoms with E-state index < -0.39 is 11.7 Å². The number of fused-ring (bicyclic) bond motifs is 1. The topological polar surface area (TPSA) is 64.3 Å². The molecule has 0 aliphatic carbocycles. The molecule has 6 heteroatoms. The van der Waals surface area contributed by atoms with E-state index in [1.807, 2.05) is 0 Å². The summed E-state index contributed by atoms with van der Waals surface area (Å²) >= 11 is 0. The molecule has 0 radical (unpaired) electrons. The Hall–Kier alpha value is -1.95. The fourth-order valence-electron chi connectivity index (χ4n) is 1.88. The lowest BCUT2D eigenvalue weighted by Crippen LogP contribution is -2.32. The molecular weight excluding hydrogens is 254 g/mol. The van der Waals surface area contributed by atoms with E-state index in [9.17, 15) is 13.6 Å². The fourth-order valence-corrected chi connectivity index (χ4v) is 1.88. The van der Waals surface area contributed by atoms with E-state index in [0.717, 1.165) is 6.07 Å². The molecule has 1 aromatic carbocycles. The fraction of sp³-hybridized carbons (Fsp3) is 0.308. The molecule has 3 N–H and O–H groups in total. The summed E-state index contributed by atoms with van der Waals surface area (Å²) in [6.07, 6.45) is 0.917. The standard InChI is InChI=1S/C13H14F2N2O2/c14-5-8(6-16)7-19-10-3-9-1-2-17-13(18)12(9)11(15)4-10/h3-5H,1-2,6-7,16H2,(H,17,18)/b8-5-. The number of carbonyl (C=O) groups is 1. The molecule has 4 nitrogen and oxygen atoms in total. The third-order valence-corrected chi connectivity index (χ3v) is 2.89. The van der Waals surface area contributed by atoms with E-state index in [4.69, 9.17) is 10.5 Å². The van der Waals surface area contributed by atoms with Crippen molar-refractivity contribution in [2.45, 2.75) is 6.42 Å². The summed E-state index contributed by atoms with van der Waals surface area (Å²) in [5.41, 5.74) is 6.21. The van der Waals surface area contributed by atoms with Crippen molar-refractivity contribution >= 4 is 5.91 Å². The van der Waals surface area contributed by atoms with Crippen molar-refractivity contribution in [2.75, 3.05) is 19.7 Å². The Morgan fingerprint density at radius 1 is 1.53 bits per heavy atom. The van der Waals surface area contributed by atoms with Crippen LogP contribution >= 0.6 is 0 Å². The monoisotopic (exact) mass is 268 g/mol. The van der Waals surface area contributed by atoms with Gasteiger partial charge in [0.2, 0.25) is 0 Å². The van der Waals surface area contributed by atoms with Crippen LogP contribution in [0.2, 0.25) is 0 Å². The number of rotatable bonds is 4. The first-order valence-corrected chi connectivity index (χ1v) is 5.87. The minimum atomic E-state index is -0.636. The zero-order valence-corrected chi connectivity index (χ0v) is 10.2. The lowest BCUT2D eigenvalue weighted by atomic mass is 9.99. The smallest absolute Gasteiger partial charge is 0.254 e. The molecule has 2 rings (SSSR count). The van der Waals surface area contributed by atoms with Gasteiger partial charge in [-0.1, -0.05) is 0 Å². The van der Waals surface area contributed by atoms with Crippen LogP contribution in [0.5, 0.6) is 5.75 Å². The number of halogens is 2. The molecule has 1 aliphatic heterocycles. The molecule has 0 saturated heterocycles. The van der Waals surface area contributed by atoms with E-state index in [1.54, 1.807) is 6.07 Å². The Morgan fingerprint density at radius 3 is 3.00 bits per heavy atom. The van der Waals surface area contributed by atoms with E-state index in [-0.39, 0.29) is 30.0 Å². The highest BCUT2D eigenvalue weighted by Gasteiger charge is 2.22. The van der Waals surface area contributed by atoms with E-state index in [0.29, 0.717) is 24.9 Å². The number of benzene rings is 1. The van der Waals surface area contributed by atoms with Gasteiger partial charge >= 0.3 is 0 Å². The van der Waals surface area contributed by atoms with E-state index >= 15 is 0 Å². The SMILES string of the molecule is NC/C(=C/F)COc1cc(F)c2c(c1)CCNC2=O. The number of hydrogen-bond acceptors (Lipinski definition) is 3. The van der Waals surface area contributed by atoms with Crippen molar-refractivity contribution in [1.82, 2.24) is 5.32 Å². The Balaban J connectivity index is 2.20. The molecule has 1 amide bonds. The Labute approximate surface area is 109 Å². The third kappa shape index (κ3) is 2.90. The van der Waals surface area contributed by atoms with E-state index in [1.165, 1.54) is 0 Å². The zero-order valence-electron chi connectivity index (χ0n) is 10.2. The van der Waals surface area contributed by atoms with Crippen LogP contribution in [0.25, 0.3) is 0 Å². The van der Waals surface area contributed by atoms with Gasteiger partial charge in [0, 0.05) is 24.7 Å². The predicted octanol–water partition coefficient (Wildman–Crippen LogP) is 1.30. The van der Waals surface area contributed by atoms with Crippen molar-refractivity contribution in [2.24, 2.45) is 5.73 Å². The van der Waals surface area contributed by atoms with Gasteiger partial charge in [0.25, 0.3) is 5.91 Å². The number of carbonyl (C=O) groups excluding carboxylic acids is 1. The van der Waals surface area contributed by atoms with Gasteiger partial charge in [-0.25, -0.2) is 8.78 Å². The van der Waals surface area contributed by atoms with Crippen molar-refractivity contribution in [3.8, 4) is 5.75 Å². The molecule has 1 aromatic rings. The summed E-state index contributed by atoms with van der Waals surface area (Å²) in [5.74, 6) is -0.793. The highest BCUT2D eigenvalue weighted by Crippen LogP contribution is 2.24. The Bertz CT molecular complexity index is 530. The van der Waals surface area contributed by atoms with Crippen molar-refractivity contribution in [3.63, 3.8) is 0 Å². The van der Waals surface area contributed by atoms with Crippen LogP contribution in [-0.2, 0) is 6.42 Å². The summed E-state index contributed by atoms with van der Waals surface area (Å²) in [5, 5.41) is 2.57. The van der Waals surface area contributed by atoms with Gasteiger partial charge in [0.15, 0.2) is 0 Å². The second-order valence-electron chi connectivity index (χ2n) is 4.21. The number of amides is 1. The highest BCUT2D eigenvalue weighted by molar-refractivity contribution is 5.97. The number of hydrogen-bond donors (Lipinski definition) is 2. The number of nitrogens with two attached hydrogens (primary N) is 1. The summed E-state index contributed by atoms with van der Waals surface area (Å²) in [7, 11) is 0. The van der Waals surface area contributed by atoms with Gasteiger partial charge in [-0.3, -0.25) is 4.79 Å². The van der Waals surface area contributed by atoms with Crippen LogP contribution in [0.3, 0.4) is 0 Å². The van der Waals surface area contributed by atoms with E-state index in [2.05, 4.69) is 5.32 Å². The summed E-state index contributed by atoms with van der Waals surface area (Å²) in [6, 6.07) is 2.72. The molecule has 0 aromatic heterocycles. The minimum absolute atomic E-state index is 0.0341. The lowest BCUT2D eigenvalue weighted by Gasteiger charge is -2.18. The highest BCUT2D eigenvalue weighted by atomic mass is 19.1.